The minimum absolute atomic E-state index is 0.246. The van der Waals surface area contributed by atoms with Crippen molar-refractivity contribution in [3.05, 3.63) is 45.8 Å². The van der Waals surface area contributed by atoms with Crippen molar-refractivity contribution in [1.82, 2.24) is 0 Å². The van der Waals surface area contributed by atoms with Gasteiger partial charge in [0.05, 0.1) is 12.2 Å². The fraction of sp³-hybridized carbons (Fsp3) is 0.429. The number of carbonyl (C=O) groups excluding carboxylic acids is 2. The van der Waals surface area contributed by atoms with E-state index in [1.165, 1.54) is 11.3 Å². The van der Waals surface area contributed by atoms with Crippen LogP contribution >= 0.6 is 11.3 Å². The summed E-state index contributed by atoms with van der Waals surface area (Å²) in [5, 5.41) is 3.45. The zero-order valence-corrected chi connectivity index (χ0v) is 16.7. The number of hydrogen-bond donors (Lipinski definition) is 2. The van der Waals surface area contributed by atoms with Crippen LogP contribution in [0.15, 0.2) is 24.3 Å². The Morgan fingerprint density at radius 1 is 1.30 bits per heavy atom. The van der Waals surface area contributed by atoms with E-state index in [0.717, 1.165) is 48.3 Å². The minimum Gasteiger partial charge on any atom is -0.494 e. The van der Waals surface area contributed by atoms with Crippen molar-refractivity contribution in [2.75, 3.05) is 11.9 Å². The van der Waals surface area contributed by atoms with Crippen LogP contribution in [0.1, 0.15) is 64.3 Å². The highest BCUT2D eigenvalue weighted by Crippen LogP contribution is 2.39. The molecule has 1 atom stereocenters. The fourth-order valence-electron chi connectivity index (χ4n) is 3.32. The summed E-state index contributed by atoms with van der Waals surface area (Å²) in [6, 6.07) is 7.05. The number of ether oxygens (including phenoxy) is 1. The number of primary amides is 1. The highest BCUT2D eigenvalue weighted by atomic mass is 32.1. The summed E-state index contributed by atoms with van der Waals surface area (Å²) < 4.78 is 5.62. The Hall–Kier alpha value is -2.34. The first-order valence-corrected chi connectivity index (χ1v) is 10.3. The molecule has 1 aliphatic rings. The van der Waals surface area contributed by atoms with Crippen molar-refractivity contribution in [2.24, 2.45) is 11.7 Å². The third-order valence-corrected chi connectivity index (χ3v) is 6.07. The van der Waals surface area contributed by atoms with Gasteiger partial charge in [0.25, 0.3) is 11.8 Å². The number of carbonyl (C=O) groups is 2. The van der Waals surface area contributed by atoms with Crippen molar-refractivity contribution in [2.45, 2.75) is 46.0 Å². The fourth-order valence-corrected chi connectivity index (χ4v) is 4.56. The maximum absolute atomic E-state index is 12.6. The first kappa shape index (κ1) is 19.4. The molecule has 3 N–H and O–H groups in total. The normalized spacial score (nSPS) is 15.9. The van der Waals surface area contributed by atoms with Gasteiger partial charge in [0.15, 0.2) is 0 Å². The lowest BCUT2D eigenvalue weighted by Gasteiger charge is -2.18. The summed E-state index contributed by atoms with van der Waals surface area (Å²) in [6.45, 7) is 4.96. The van der Waals surface area contributed by atoms with Crippen LogP contribution in [0.4, 0.5) is 5.00 Å². The lowest BCUT2D eigenvalue weighted by Crippen LogP contribution is -2.19. The Bertz CT molecular complexity index is 827. The predicted molar refractivity (Wildman–Crippen MR) is 109 cm³/mol. The highest BCUT2D eigenvalue weighted by Gasteiger charge is 2.27. The van der Waals surface area contributed by atoms with Gasteiger partial charge in [0.1, 0.15) is 10.8 Å². The molecule has 5 nitrogen and oxygen atoms in total. The van der Waals surface area contributed by atoms with Gasteiger partial charge >= 0.3 is 0 Å². The molecular formula is C21H26N2O3S. The molecule has 0 saturated carbocycles. The summed E-state index contributed by atoms with van der Waals surface area (Å²) in [7, 11) is 0. The molecule has 27 heavy (non-hydrogen) atoms. The maximum atomic E-state index is 12.6. The van der Waals surface area contributed by atoms with E-state index in [-0.39, 0.29) is 5.91 Å². The van der Waals surface area contributed by atoms with Crippen LogP contribution in [0.2, 0.25) is 0 Å². The summed E-state index contributed by atoms with van der Waals surface area (Å²) in [5.41, 5.74) is 7.64. The summed E-state index contributed by atoms with van der Waals surface area (Å²) >= 11 is 1.47. The van der Waals surface area contributed by atoms with Crippen LogP contribution in [-0.2, 0) is 12.8 Å². The van der Waals surface area contributed by atoms with E-state index in [0.29, 0.717) is 28.7 Å². The second kappa shape index (κ2) is 8.57. The molecule has 1 heterocycles. The number of nitrogens with two attached hydrogens (primary N) is 1. The van der Waals surface area contributed by atoms with Crippen LogP contribution in [0, 0.1) is 5.92 Å². The van der Waals surface area contributed by atoms with Gasteiger partial charge in [-0.2, -0.15) is 0 Å². The van der Waals surface area contributed by atoms with Gasteiger partial charge in [-0.1, -0.05) is 20.3 Å². The molecule has 144 valence electrons. The largest absolute Gasteiger partial charge is 0.494 e. The van der Waals surface area contributed by atoms with Gasteiger partial charge in [0.2, 0.25) is 0 Å². The number of anilines is 1. The third kappa shape index (κ3) is 4.50. The Labute approximate surface area is 163 Å². The molecule has 2 amide bonds. The van der Waals surface area contributed by atoms with Crippen molar-refractivity contribution in [3.63, 3.8) is 0 Å². The molecule has 3 rings (SSSR count). The number of unbranched alkanes of at least 4 members (excludes halogenated alkanes) is 1. The average Bonchev–Trinajstić information content (AvgIpc) is 2.99. The van der Waals surface area contributed by atoms with Gasteiger partial charge in [-0.3, -0.25) is 9.59 Å². The lowest BCUT2D eigenvalue weighted by molar-refractivity contribution is 0.1000. The van der Waals surface area contributed by atoms with E-state index in [1.54, 1.807) is 24.3 Å². The first-order valence-electron chi connectivity index (χ1n) is 9.48. The Morgan fingerprint density at radius 3 is 2.70 bits per heavy atom. The van der Waals surface area contributed by atoms with Crippen molar-refractivity contribution >= 4 is 28.2 Å². The number of benzene rings is 1. The second-order valence-electron chi connectivity index (χ2n) is 7.10. The molecule has 0 unspecified atom stereocenters. The average molecular weight is 387 g/mol. The van der Waals surface area contributed by atoms with Crippen molar-refractivity contribution in [3.8, 4) is 5.75 Å². The Balaban J connectivity index is 1.75. The molecule has 0 radical (unpaired) electrons. The number of nitrogens with one attached hydrogen (secondary N) is 1. The van der Waals surface area contributed by atoms with E-state index < -0.39 is 5.91 Å². The molecule has 0 spiro atoms. The topological polar surface area (TPSA) is 81.4 Å². The molecule has 6 heteroatoms. The van der Waals surface area contributed by atoms with Crippen LogP contribution in [-0.4, -0.2) is 18.4 Å². The molecule has 0 fully saturated rings. The van der Waals surface area contributed by atoms with E-state index in [4.69, 9.17) is 10.5 Å². The first-order chi connectivity index (χ1) is 13.0. The third-order valence-electron chi connectivity index (χ3n) is 4.86. The molecule has 2 aromatic rings. The van der Waals surface area contributed by atoms with Crippen LogP contribution in [0.25, 0.3) is 0 Å². The molecule has 1 aromatic heterocycles. The second-order valence-corrected chi connectivity index (χ2v) is 8.21. The smallest absolute Gasteiger partial charge is 0.256 e. The summed E-state index contributed by atoms with van der Waals surface area (Å²) in [5.74, 6) is 0.549. The van der Waals surface area contributed by atoms with E-state index in [1.807, 2.05) is 0 Å². The van der Waals surface area contributed by atoms with Crippen molar-refractivity contribution < 1.29 is 14.3 Å². The number of fused-ring (bicyclic) bond motifs is 1. The molecule has 1 aliphatic carbocycles. The zero-order chi connectivity index (χ0) is 19.4. The zero-order valence-electron chi connectivity index (χ0n) is 15.8. The molecule has 0 bridgehead atoms. The number of aryl methyl sites for hydroxylation is 1. The van der Waals surface area contributed by atoms with Gasteiger partial charge in [-0.25, -0.2) is 0 Å². The molecule has 1 aromatic carbocycles. The number of amides is 2. The Kier molecular flexibility index (Phi) is 6.16. The minimum atomic E-state index is -0.475. The number of thiophene rings is 1. The van der Waals surface area contributed by atoms with Crippen LogP contribution in [0.5, 0.6) is 5.75 Å². The van der Waals surface area contributed by atoms with Crippen LogP contribution in [0.3, 0.4) is 0 Å². The SMILES string of the molecule is CCCCOc1ccc(C(=O)Nc2sc3c(c2C(N)=O)C[C@@H](C)CC3)cc1. The quantitative estimate of drug-likeness (QED) is 0.692. The van der Waals surface area contributed by atoms with Gasteiger partial charge in [-0.15, -0.1) is 11.3 Å². The Morgan fingerprint density at radius 2 is 2.04 bits per heavy atom. The summed E-state index contributed by atoms with van der Waals surface area (Å²) in [4.78, 5) is 25.8. The van der Waals surface area contributed by atoms with Gasteiger partial charge < -0.3 is 15.8 Å². The standard InChI is InChI=1S/C21H26N2O3S/c1-3-4-11-26-15-8-6-14(7-9-15)20(25)23-21-18(19(22)24)16-12-13(2)5-10-17(16)27-21/h6-9,13H,3-5,10-12H2,1-2H3,(H2,22,24)(H,23,25)/t13-/m0/s1. The predicted octanol–water partition coefficient (Wildman–Crippen LogP) is 4.40. The van der Waals surface area contributed by atoms with Crippen molar-refractivity contribution in [1.29, 1.82) is 0 Å². The maximum Gasteiger partial charge on any atom is 0.256 e. The van der Waals surface area contributed by atoms with E-state index in [2.05, 4.69) is 19.2 Å². The molecule has 0 aliphatic heterocycles. The van der Waals surface area contributed by atoms with Gasteiger partial charge in [0, 0.05) is 10.4 Å². The monoisotopic (exact) mass is 386 g/mol. The molecule has 0 saturated heterocycles. The summed E-state index contributed by atoms with van der Waals surface area (Å²) in [6.07, 6.45) is 4.94. The number of rotatable bonds is 7. The highest BCUT2D eigenvalue weighted by molar-refractivity contribution is 7.17. The van der Waals surface area contributed by atoms with E-state index in [9.17, 15) is 9.59 Å². The van der Waals surface area contributed by atoms with E-state index >= 15 is 0 Å². The lowest BCUT2D eigenvalue weighted by atomic mass is 9.87. The van der Waals surface area contributed by atoms with Crippen LogP contribution < -0.4 is 15.8 Å². The molecular weight excluding hydrogens is 360 g/mol. The number of hydrogen-bond acceptors (Lipinski definition) is 4. The van der Waals surface area contributed by atoms with Gasteiger partial charge in [-0.05, 0) is 61.4 Å².